The Labute approximate surface area is 141 Å². The van der Waals surface area contributed by atoms with E-state index in [0.29, 0.717) is 17.4 Å². The maximum atomic E-state index is 5.89. The van der Waals surface area contributed by atoms with E-state index in [9.17, 15) is 0 Å². The highest BCUT2D eigenvalue weighted by molar-refractivity contribution is 5.64. The third-order valence-electron chi connectivity index (χ3n) is 3.36. The maximum absolute atomic E-state index is 5.89. The van der Waals surface area contributed by atoms with Crippen LogP contribution in [-0.2, 0) is 0 Å². The minimum Gasteiger partial charge on any atom is -0.454 e. The standard InChI is InChI=1S/C18H19N5O/c1-13-11-20-18(22-17(13)23(2)3)21-15-8-4-5-9-16(15)24-14-7-6-10-19-12-14/h4-12H,1-3H3,(H,20,21,22). The third-order valence-corrected chi connectivity index (χ3v) is 3.36. The van der Waals surface area contributed by atoms with E-state index in [0.717, 1.165) is 17.1 Å². The zero-order valence-corrected chi connectivity index (χ0v) is 13.9. The Bertz CT molecular complexity index is 821. The Hall–Kier alpha value is -3.15. The van der Waals surface area contributed by atoms with Crippen LogP contribution in [0.1, 0.15) is 5.56 Å². The van der Waals surface area contributed by atoms with E-state index in [4.69, 9.17) is 4.74 Å². The average molecular weight is 321 g/mol. The lowest BCUT2D eigenvalue weighted by atomic mass is 10.3. The van der Waals surface area contributed by atoms with Gasteiger partial charge < -0.3 is 15.0 Å². The first kappa shape index (κ1) is 15.7. The predicted octanol–water partition coefficient (Wildman–Crippen LogP) is 3.78. The molecular weight excluding hydrogens is 302 g/mol. The van der Waals surface area contributed by atoms with Crippen LogP contribution >= 0.6 is 0 Å². The van der Waals surface area contributed by atoms with Gasteiger partial charge in [-0.3, -0.25) is 4.98 Å². The molecular formula is C18H19N5O. The minimum absolute atomic E-state index is 0.520. The van der Waals surface area contributed by atoms with Crippen molar-refractivity contribution in [3.63, 3.8) is 0 Å². The van der Waals surface area contributed by atoms with E-state index in [-0.39, 0.29) is 0 Å². The lowest BCUT2D eigenvalue weighted by Crippen LogP contribution is -2.13. The molecule has 0 aliphatic rings. The number of aryl methyl sites for hydroxylation is 1. The molecule has 24 heavy (non-hydrogen) atoms. The minimum atomic E-state index is 0.520. The van der Waals surface area contributed by atoms with Crippen LogP contribution < -0.4 is 15.0 Å². The van der Waals surface area contributed by atoms with Gasteiger partial charge in [0.25, 0.3) is 0 Å². The van der Waals surface area contributed by atoms with Crippen LogP contribution in [0.2, 0.25) is 0 Å². The van der Waals surface area contributed by atoms with Gasteiger partial charge in [0.1, 0.15) is 11.6 Å². The van der Waals surface area contributed by atoms with Gasteiger partial charge in [0.2, 0.25) is 5.95 Å². The molecule has 1 aromatic carbocycles. The first-order valence-electron chi connectivity index (χ1n) is 7.58. The second kappa shape index (κ2) is 6.95. The van der Waals surface area contributed by atoms with Gasteiger partial charge in [-0.1, -0.05) is 12.1 Å². The summed E-state index contributed by atoms with van der Waals surface area (Å²) in [5.74, 6) is 2.75. The predicted molar refractivity (Wildman–Crippen MR) is 95.1 cm³/mol. The number of pyridine rings is 1. The highest BCUT2D eigenvalue weighted by Gasteiger charge is 2.09. The second-order valence-electron chi connectivity index (χ2n) is 5.51. The summed E-state index contributed by atoms with van der Waals surface area (Å²) in [6.07, 6.45) is 5.18. The number of nitrogens with zero attached hydrogens (tertiary/aromatic N) is 4. The molecule has 0 aliphatic carbocycles. The van der Waals surface area contributed by atoms with Crippen LogP contribution in [0.25, 0.3) is 0 Å². The smallest absolute Gasteiger partial charge is 0.229 e. The molecule has 0 aliphatic heterocycles. The van der Waals surface area contributed by atoms with Crippen LogP contribution in [0.15, 0.2) is 55.0 Å². The van der Waals surface area contributed by atoms with Gasteiger partial charge in [0, 0.05) is 32.1 Å². The van der Waals surface area contributed by atoms with Gasteiger partial charge in [-0.15, -0.1) is 0 Å². The zero-order valence-electron chi connectivity index (χ0n) is 13.9. The lowest BCUT2D eigenvalue weighted by Gasteiger charge is -2.16. The van der Waals surface area contributed by atoms with Crippen molar-refractivity contribution in [2.45, 2.75) is 6.92 Å². The molecule has 2 heterocycles. The number of nitrogens with one attached hydrogen (secondary N) is 1. The average Bonchev–Trinajstić information content (AvgIpc) is 2.59. The van der Waals surface area contributed by atoms with E-state index in [1.807, 2.05) is 62.3 Å². The lowest BCUT2D eigenvalue weighted by molar-refractivity contribution is 0.482. The zero-order chi connectivity index (χ0) is 16.9. The Balaban J connectivity index is 1.87. The molecule has 0 saturated heterocycles. The molecule has 6 nitrogen and oxygen atoms in total. The highest BCUT2D eigenvalue weighted by Crippen LogP contribution is 2.30. The molecule has 2 aromatic heterocycles. The molecule has 0 atom stereocenters. The summed E-state index contributed by atoms with van der Waals surface area (Å²) in [4.78, 5) is 14.9. The summed E-state index contributed by atoms with van der Waals surface area (Å²) in [6, 6.07) is 11.3. The van der Waals surface area contributed by atoms with Crippen molar-refractivity contribution in [3.05, 3.63) is 60.6 Å². The number of rotatable bonds is 5. The number of hydrogen-bond donors (Lipinski definition) is 1. The highest BCUT2D eigenvalue weighted by atomic mass is 16.5. The first-order chi connectivity index (χ1) is 11.6. The number of ether oxygens (including phenoxy) is 1. The van der Waals surface area contributed by atoms with Crippen LogP contribution in [0.3, 0.4) is 0 Å². The van der Waals surface area contributed by atoms with Gasteiger partial charge in [-0.2, -0.15) is 4.98 Å². The number of anilines is 3. The fourth-order valence-corrected chi connectivity index (χ4v) is 2.26. The number of benzene rings is 1. The van der Waals surface area contributed by atoms with Crippen molar-refractivity contribution in [3.8, 4) is 11.5 Å². The first-order valence-corrected chi connectivity index (χ1v) is 7.58. The van der Waals surface area contributed by atoms with Crippen molar-refractivity contribution in [2.24, 2.45) is 0 Å². The number of para-hydroxylation sites is 2. The summed E-state index contributed by atoms with van der Waals surface area (Å²) in [5, 5.41) is 3.22. The van der Waals surface area contributed by atoms with E-state index in [2.05, 4.69) is 20.3 Å². The SMILES string of the molecule is Cc1cnc(Nc2ccccc2Oc2cccnc2)nc1N(C)C. The monoisotopic (exact) mass is 321 g/mol. The quantitative estimate of drug-likeness (QED) is 0.771. The normalized spacial score (nSPS) is 10.3. The molecule has 0 fully saturated rings. The Morgan fingerprint density at radius 1 is 1.04 bits per heavy atom. The summed E-state index contributed by atoms with van der Waals surface area (Å²) in [6.45, 7) is 1.98. The fraction of sp³-hybridized carbons (Fsp3) is 0.167. The largest absolute Gasteiger partial charge is 0.454 e. The number of aromatic nitrogens is 3. The molecule has 0 amide bonds. The van der Waals surface area contributed by atoms with Crippen LogP contribution in [0.4, 0.5) is 17.5 Å². The van der Waals surface area contributed by atoms with Crippen LogP contribution in [-0.4, -0.2) is 29.0 Å². The molecule has 3 rings (SSSR count). The molecule has 3 aromatic rings. The van der Waals surface area contributed by atoms with Gasteiger partial charge >= 0.3 is 0 Å². The molecule has 0 saturated carbocycles. The van der Waals surface area contributed by atoms with Gasteiger partial charge in [0.05, 0.1) is 11.9 Å². The molecule has 0 spiro atoms. The number of hydrogen-bond acceptors (Lipinski definition) is 6. The van der Waals surface area contributed by atoms with E-state index < -0.39 is 0 Å². The molecule has 6 heteroatoms. The Kier molecular flexibility index (Phi) is 4.56. The summed E-state index contributed by atoms with van der Waals surface area (Å²) < 4.78 is 5.89. The maximum Gasteiger partial charge on any atom is 0.229 e. The van der Waals surface area contributed by atoms with E-state index in [1.54, 1.807) is 18.6 Å². The summed E-state index contributed by atoms with van der Waals surface area (Å²) in [5.41, 5.74) is 1.81. The van der Waals surface area contributed by atoms with Crippen molar-refractivity contribution >= 4 is 17.5 Å². The molecule has 1 N–H and O–H groups in total. The second-order valence-corrected chi connectivity index (χ2v) is 5.51. The van der Waals surface area contributed by atoms with Crippen molar-refractivity contribution in [2.75, 3.05) is 24.3 Å². The van der Waals surface area contributed by atoms with E-state index in [1.165, 1.54) is 0 Å². The molecule has 0 radical (unpaired) electrons. The molecule has 0 unspecified atom stereocenters. The van der Waals surface area contributed by atoms with Crippen molar-refractivity contribution < 1.29 is 4.74 Å². The summed E-state index contributed by atoms with van der Waals surface area (Å²) in [7, 11) is 3.91. The van der Waals surface area contributed by atoms with Gasteiger partial charge in [-0.05, 0) is 31.2 Å². The molecule has 0 bridgehead atoms. The van der Waals surface area contributed by atoms with Crippen LogP contribution in [0.5, 0.6) is 11.5 Å². The Morgan fingerprint density at radius 3 is 2.62 bits per heavy atom. The van der Waals surface area contributed by atoms with E-state index >= 15 is 0 Å². The summed E-state index contributed by atoms with van der Waals surface area (Å²) >= 11 is 0. The van der Waals surface area contributed by atoms with Gasteiger partial charge in [-0.25, -0.2) is 4.98 Å². The van der Waals surface area contributed by atoms with Crippen molar-refractivity contribution in [1.82, 2.24) is 15.0 Å². The molecule has 122 valence electrons. The Morgan fingerprint density at radius 2 is 1.88 bits per heavy atom. The third kappa shape index (κ3) is 3.60. The van der Waals surface area contributed by atoms with Crippen molar-refractivity contribution in [1.29, 1.82) is 0 Å². The van der Waals surface area contributed by atoms with Gasteiger partial charge in [0.15, 0.2) is 5.75 Å². The fourth-order valence-electron chi connectivity index (χ4n) is 2.26. The van der Waals surface area contributed by atoms with Crippen LogP contribution in [0, 0.1) is 6.92 Å². The topological polar surface area (TPSA) is 63.2 Å².